The highest BCUT2D eigenvalue weighted by Gasteiger charge is 2.22. The van der Waals surface area contributed by atoms with E-state index in [-0.39, 0.29) is 5.91 Å². The van der Waals surface area contributed by atoms with Crippen molar-refractivity contribution in [3.63, 3.8) is 0 Å². The standard InChI is InChI=1S/C13H17NO2S/c1-10-4-3-5-11(16-2)12(10)13(15)14-6-8-17-9-7-14/h3-5H,6-9H2,1-2H3. The molecule has 1 heterocycles. The maximum Gasteiger partial charge on any atom is 0.257 e. The predicted octanol–water partition coefficient (Wildman–Crippen LogP) is 2.19. The summed E-state index contributed by atoms with van der Waals surface area (Å²) in [5, 5.41) is 0. The molecule has 1 saturated heterocycles. The number of benzene rings is 1. The van der Waals surface area contributed by atoms with Crippen LogP contribution in [0.1, 0.15) is 15.9 Å². The van der Waals surface area contributed by atoms with Gasteiger partial charge in [0, 0.05) is 24.6 Å². The third-order valence-electron chi connectivity index (χ3n) is 2.97. The predicted molar refractivity (Wildman–Crippen MR) is 71.0 cm³/mol. The van der Waals surface area contributed by atoms with Crippen LogP contribution in [-0.2, 0) is 0 Å². The van der Waals surface area contributed by atoms with Crippen LogP contribution in [0.15, 0.2) is 18.2 Å². The van der Waals surface area contributed by atoms with E-state index in [0.29, 0.717) is 11.3 Å². The highest BCUT2D eigenvalue weighted by atomic mass is 32.2. The fourth-order valence-corrected chi connectivity index (χ4v) is 2.91. The number of aryl methyl sites for hydroxylation is 1. The van der Waals surface area contributed by atoms with Crippen LogP contribution >= 0.6 is 11.8 Å². The van der Waals surface area contributed by atoms with Gasteiger partial charge in [0.15, 0.2) is 0 Å². The third-order valence-corrected chi connectivity index (χ3v) is 3.91. The molecular weight excluding hydrogens is 234 g/mol. The van der Waals surface area contributed by atoms with Crippen LogP contribution in [0.5, 0.6) is 5.75 Å². The summed E-state index contributed by atoms with van der Waals surface area (Å²) < 4.78 is 5.29. The van der Waals surface area contributed by atoms with E-state index >= 15 is 0 Å². The van der Waals surface area contributed by atoms with Gasteiger partial charge in [-0.1, -0.05) is 12.1 Å². The fraction of sp³-hybridized carbons (Fsp3) is 0.462. The molecule has 0 aromatic heterocycles. The Morgan fingerprint density at radius 1 is 1.35 bits per heavy atom. The molecule has 1 aromatic carbocycles. The number of ether oxygens (including phenoxy) is 1. The Morgan fingerprint density at radius 2 is 2.06 bits per heavy atom. The normalized spacial score (nSPS) is 15.8. The highest BCUT2D eigenvalue weighted by molar-refractivity contribution is 7.99. The smallest absolute Gasteiger partial charge is 0.257 e. The second-order valence-electron chi connectivity index (χ2n) is 4.06. The first-order valence-corrected chi connectivity index (χ1v) is 6.90. The van der Waals surface area contributed by atoms with Crippen molar-refractivity contribution in [1.29, 1.82) is 0 Å². The molecule has 17 heavy (non-hydrogen) atoms. The van der Waals surface area contributed by atoms with Crippen molar-refractivity contribution in [1.82, 2.24) is 4.90 Å². The Hall–Kier alpha value is -1.16. The Labute approximate surface area is 106 Å². The minimum atomic E-state index is 0.0975. The Bertz CT molecular complexity index is 414. The molecule has 1 aliphatic heterocycles. The zero-order valence-electron chi connectivity index (χ0n) is 10.2. The summed E-state index contributed by atoms with van der Waals surface area (Å²) in [7, 11) is 1.61. The lowest BCUT2D eigenvalue weighted by Gasteiger charge is -2.27. The van der Waals surface area contributed by atoms with E-state index in [1.165, 1.54) is 0 Å². The molecule has 0 saturated carbocycles. The minimum absolute atomic E-state index is 0.0975. The molecule has 1 aliphatic rings. The number of rotatable bonds is 2. The monoisotopic (exact) mass is 251 g/mol. The Morgan fingerprint density at radius 3 is 2.71 bits per heavy atom. The topological polar surface area (TPSA) is 29.5 Å². The first-order chi connectivity index (χ1) is 8.24. The second-order valence-corrected chi connectivity index (χ2v) is 5.28. The quantitative estimate of drug-likeness (QED) is 0.807. The largest absolute Gasteiger partial charge is 0.496 e. The molecule has 1 amide bonds. The first-order valence-electron chi connectivity index (χ1n) is 5.74. The zero-order chi connectivity index (χ0) is 12.3. The van der Waals surface area contributed by atoms with Gasteiger partial charge in [-0.25, -0.2) is 0 Å². The van der Waals surface area contributed by atoms with Gasteiger partial charge < -0.3 is 9.64 Å². The minimum Gasteiger partial charge on any atom is -0.496 e. The molecule has 0 atom stereocenters. The van der Waals surface area contributed by atoms with Gasteiger partial charge in [0.05, 0.1) is 12.7 Å². The fourth-order valence-electron chi connectivity index (χ4n) is 2.01. The highest BCUT2D eigenvalue weighted by Crippen LogP contribution is 2.24. The van der Waals surface area contributed by atoms with E-state index in [4.69, 9.17) is 4.74 Å². The number of nitrogens with zero attached hydrogens (tertiary/aromatic N) is 1. The SMILES string of the molecule is COc1cccc(C)c1C(=O)N1CCSCC1. The molecule has 0 spiro atoms. The van der Waals surface area contributed by atoms with Crippen LogP contribution in [0.4, 0.5) is 0 Å². The van der Waals surface area contributed by atoms with Crippen molar-refractivity contribution in [3.8, 4) is 5.75 Å². The van der Waals surface area contributed by atoms with Crippen LogP contribution in [0.2, 0.25) is 0 Å². The van der Waals surface area contributed by atoms with E-state index in [2.05, 4.69) is 0 Å². The molecule has 2 rings (SSSR count). The molecule has 92 valence electrons. The third kappa shape index (κ3) is 2.57. The van der Waals surface area contributed by atoms with Crippen molar-refractivity contribution in [3.05, 3.63) is 29.3 Å². The summed E-state index contributed by atoms with van der Waals surface area (Å²) in [4.78, 5) is 14.4. The number of hydrogen-bond donors (Lipinski definition) is 0. The molecule has 1 fully saturated rings. The van der Waals surface area contributed by atoms with E-state index < -0.39 is 0 Å². The molecule has 0 aliphatic carbocycles. The summed E-state index contributed by atoms with van der Waals surface area (Å²) in [6.07, 6.45) is 0. The Balaban J connectivity index is 2.29. The lowest BCUT2D eigenvalue weighted by atomic mass is 10.1. The molecule has 1 aromatic rings. The van der Waals surface area contributed by atoms with Gasteiger partial charge in [-0.2, -0.15) is 11.8 Å². The van der Waals surface area contributed by atoms with Gasteiger partial charge in [0.1, 0.15) is 5.75 Å². The van der Waals surface area contributed by atoms with Crippen molar-refractivity contribution < 1.29 is 9.53 Å². The van der Waals surface area contributed by atoms with Crippen LogP contribution in [0.3, 0.4) is 0 Å². The molecule has 0 radical (unpaired) electrons. The van der Waals surface area contributed by atoms with Crippen molar-refractivity contribution >= 4 is 17.7 Å². The van der Waals surface area contributed by atoms with Gasteiger partial charge in [-0.05, 0) is 18.6 Å². The van der Waals surface area contributed by atoms with E-state index in [0.717, 1.165) is 30.2 Å². The number of carbonyl (C=O) groups is 1. The second kappa shape index (κ2) is 5.45. The number of carbonyl (C=O) groups excluding carboxylic acids is 1. The summed E-state index contributed by atoms with van der Waals surface area (Å²) in [5.74, 6) is 2.83. The van der Waals surface area contributed by atoms with E-state index in [1.54, 1.807) is 7.11 Å². The van der Waals surface area contributed by atoms with Crippen LogP contribution in [-0.4, -0.2) is 42.5 Å². The molecule has 4 heteroatoms. The van der Waals surface area contributed by atoms with Crippen LogP contribution < -0.4 is 4.74 Å². The molecule has 0 unspecified atom stereocenters. The summed E-state index contributed by atoms with van der Waals surface area (Å²) in [6, 6.07) is 5.71. The van der Waals surface area contributed by atoms with Crippen molar-refractivity contribution in [2.24, 2.45) is 0 Å². The van der Waals surface area contributed by atoms with Crippen LogP contribution in [0.25, 0.3) is 0 Å². The van der Waals surface area contributed by atoms with E-state index in [9.17, 15) is 4.79 Å². The molecule has 0 N–H and O–H groups in total. The van der Waals surface area contributed by atoms with Crippen LogP contribution in [0, 0.1) is 6.92 Å². The summed E-state index contributed by atoms with van der Waals surface area (Å²) in [6.45, 7) is 3.62. The van der Waals surface area contributed by atoms with Crippen molar-refractivity contribution in [2.45, 2.75) is 6.92 Å². The maximum atomic E-state index is 12.4. The Kier molecular flexibility index (Phi) is 3.94. The lowest BCUT2D eigenvalue weighted by molar-refractivity contribution is 0.0768. The van der Waals surface area contributed by atoms with Gasteiger partial charge in [0.25, 0.3) is 5.91 Å². The lowest BCUT2D eigenvalue weighted by Crippen LogP contribution is -2.38. The van der Waals surface area contributed by atoms with Gasteiger partial charge in [0.2, 0.25) is 0 Å². The number of amides is 1. The molecule has 3 nitrogen and oxygen atoms in total. The summed E-state index contributed by atoms with van der Waals surface area (Å²) >= 11 is 1.90. The van der Waals surface area contributed by atoms with Gasteiger partial charge >= 0.3 is 0 Å². The maximum absolute atomic E-state index is 12.4. The zero-order valence-corrected chi connectivity index (χ0v) is 11.0. The van der Waals surface area contributed by atoms with E-state index in [1.807, 2.05) is 41.8 Å². The van der Waals surface area contributed by atoms with Gasteiger partial charge in [-0.15, -0.1) is 0 Å². The molecular formula is C13H17NO2S. The first kappa shape index (κ1) is 12.3. The number of thioether (sulfide) groups is 1. The average Bonchev–Trinajstić information content (AvgIpc) is 2.38. The van der Waals surface area contributed by atoms with Crippen molar-refractivity contribution in [2.75, 3.05) is 31.7 Å². The number of hydrogen-bond acceptors (Lipinski definition) is 3. The molecule has 0 bridgehead atoms. The average molecular weight is 251 g/mol. The summed E-state index contributed by atoms with van der Waals surface area (Å²) in [5.41, 5.74) is 1.69. The number of methoxy groups -OCH3 is 1. The van der Waals surface area contributed by atoms with Gasteiger partial charge in [-0.3, -0.25) is 4.79 Å².